The van der Waals surface area contributed by atoms with E-state index in [1.54, 1.807) is 0 Å². The van der Waals surface area contributed by atoms with E-state index < -0.39 is 0 Å². The summed E-state index contributed by atoms with van der Waals surface area (Å²) in [6, 6.07) is 0. The molecule has 0 aromatic rings. The predicted molar refractivity (Wildman–Crippen MR) is 46.2 cm³/mol. The molecule has 1 aliphatic rings. The Bertz CT molecular complexity index is 117. The Kier molecular flexibility index (Phi) is 2.90. The molecule has 0 saturated heterocycles. The van der Waals surface area contributed by atoms with Gasteiger partial charge in [-0.3, -0.25) is 0 Å². The maximum absolute atomic E-state index is 8.89. The zero-order valence-corrected chi connectivity index (χ0v) is 7.34. The molecule has 2 heteroatoms. The Labute approximate surface area is 68.8 Å². The molecule has 0 heterocycles. The summed E-state index contributed by atoms with van der Waals surface area (Å²) in [6.07, 6.45) is 4.66. The molecule has 1 atom stereocenters. The highest BCUT2D eigenvalue weighted by Crippen LogP contribution is 2.49. The van der Waals surface area contributed by atoms with Gasteiger partial charge in [-0.05, 0) is 43.6 Å². The van der Waals surface area contributed by atoms with Gasteiger partial charge < -0.3 is 10.8 Å². The summed E-state index contributed by atoms with van der Waals surface area (Å²) in [5, 5.41) is 8.89. The summed E-state index contributed by atoms with van der Waals surface area (Å²) in [5.74, 6) is 0.810. The fourth-order valence-electron chi connectivity index (χ4n) is 2.00. The molecule has 1 saturated carbocycles. The average Bonchev–Trinajstić information content (AvgIpc) is 2.83. The van der Waals surface area contributed by atoms with Crippen molar-refractivity contribution in [1.82, 2.24) is 0 Å². The second-order valence-corrected chi connectivity index (χ2v) is 3.67. The van der Waals surface area contributed by atoms with Crippen molar-refractivity contribution < 1.29 is 5.11 Å². The van der Waals surface area contributed by atoms with Crippen molar-refractivity contribution in [3.8, 4) is 0 Å². The summed E-state index contributed by atoms with van der Waals surface area (Å²) >= 11 is 0. The molecule has 1 aliphatic carbocycles. The maximum Gasteiger partial charge on any atom is 0.0436 e. The van der Waals surface area contributed by atoms with Crippen molar-refractivity contribution >= 4 is 0 Å². The number of nitrogens with two attached hydrogens (primary N) is 1. The van der Waals surface area contributed by atoms with Gasteiger partial charge >= 0.3 is 0 Å². The topological polar surface area (TPSA) is 46.2 Å². The summed E-state index contributed by atoms with van der Waals surface area (Å²) in [5.41, 5.74) is 6.01. The molecule has 66 valence electrons. The quantitative estimate of drug-likeness (QED) is 0.628. The first kappa shape index (κ1) is 9.01. The van der Waals surface area contributed by atoms with E-state index in [4.69, 9.17) is 10.8 Å². The van der Waals surface area contributed by atoms with Crippen LogP contribution in [0.1, 0.15) is 32.6 Å². The highest BCUT2D eigenvalue weighted by atomic mass is 16.3. The smallest absolute Gasteiger partial charge is 0.0436 e. The maximum atomic E-state index is 8.89. The summed E-state index contributed by atoms with van der Waals surface area (Å²) < 4.78 is 0. The van der Waals surface area contributed by atoms with E-state index in [0.29, 0.717) is 6.61 Å². The molecule has 0 radical (unpaired) electrons. The van der Waals surface area contributed by atoms with Crippen LogP contribution in [0.2, 0.25) is 0 Å². The molecule has 0 aromatic carbocycles. The molecule has 2 nitrogen and oxygen atoms in total. The van der Waals surface area contributed by atoms with Crippen LogP contribution in [0.25, 0.3) is 0 Å². The zero-order chi connectivity index (χ0) is 8.32. The Hall–Kier alpha value is -0.0800. The first-order valence-electron chi connectivity index (χ1n) is 4.60. The van der Waals surface area contributed by atoms with Crippen molar-refractivity contribution in [2.45, 2.75) is 32.6 Å². The molecule has 0 spiro atoms. The molecule has 1 fully saturated rings. The monoisotopic (exact) mass is 157 g/mol. The van der Waals surface area contributed by atoms with Gasteiger partial charge in [-0.25, -0.2) is 0 Å². The van der Waals surface area contributed by atoms with Crippen molar-refractivity contribution in [1.29, 1.82) is 0 Å². The lowest BCUT2D eigenvalue weighted by atomic mass is 9.77. The minimum Gasteiger partial charge on any atom is -0.396 e. The third-order valence-electron chi connectivity index (χ3n) is 3.16. The number of hydrogen-bond acceptors (Lipinski definition) is 2. The standard InChI is InChI=1S/C9H19NO/c1-2-9(7-10,5-6-11)8-3-4-8/h8,11H,2-7,10H2,1H3. The van der Waals surface area contributed by atoms with Crippen LogP contribution in [-0.2, 0) is 0 Å². The van der Waals surface area contributed by atoms with E-state index in [2.05, 4.69) is 6.92 Å². The number of aliphatic hydroxyl groups excluding tert-OH is 1. The summed E-state index contributed by atoms with van der Waals surface area (Å²) in [4.78, 5) is 0. The van der Waals surface area contributed by atoms with Crippen LogP contribution >= 0.6 is 0 Å². The fraction of sp³-hybridized carbons (Fsp3) is 1.00. The van der Waals surface area contributed by atoms with Crippen molar-refractivity contribution in [2.75, 3.05) is 13.2 Å². The summed E-state index contributed by atoms with van der Waals surface area (Å²) in [6.45, 7) is 3.22. The Balaban J connectivity index is 2.50. The summed E-state index contributed by atoms with van der Waals surface area (Å²) in [7, 11) is 0. The third kappa shape index (κ3) is 1.74. The molecular weight excluding hydrogens is 138 g/mol. The normalized spacial score (nSPS) is 23.2. The van der Waals surface area contributed by atoms with Crippen molar-refractivity contribution in [3.63, 3.8) is 0 Å². The molecule has 11 heavy (non-hydrogen) atoms. The molecule has 0 bridgehead atoms. The van der Waals surface area contributed by atoms with Crippen LogP contribution in [0, 0.1) is 11.3 Å². The van der Waals surface area contributed by atoms with Gasteiger partial charge in [0.25, 0.3) is 0 Å². The lowest BCUT2D eigenvalue weighted by molar-refractivity contribution is 0.156. The molecule has 1 unspecified atom stereocenters. The highest BCUT2D eigenvalue weighted by molar-refractivity contribution is 4.93. The van der Waals surface area contributed by atoms with E-state index in [1.165, 1.54) is 12.8 Å². The van der Waals surface area contributed by atoms with E-state index in [0.717, 1.165) is 25.3 Å². The Morgan fingerprint density at radius 2 is 2.18 bits per heavy atom. The number of aliphatic hydroxyl groups is 1. The first-order chi connectivity index (χ1) is 5.29. The predicted octanol–water partition coefficient (Wildman–Crippen LogP) is 1.13. The lowest BCUT2D eigenvalue weighted by Gasteiger charge is -2.30. The van der Waals surface area contributed by atoms with Gasteiger partial charge in [0.2, 0.25) is 0 Å². The van der Waals surface area contributed by atoms with Gasteiger partial charge in [0, 0.05) is 6.61 Å². The van der Waals surface area contributed by atoms with E-state index in [9.17, 15) is 0 Å². The average molecular weight is 157 g/mol. The Morgan fingerprint density at radius 1 is 1.55 bits per heavy atom. The molecular formula is C9H19NO. The van der Waals surface area contributed by atoms with E-state index in [-0.39, 0.29) is 5.41 Å². The molecule has 1 rings (SSSR count). The van der Waals surface area contributed by atoms with Crippen LogP contribution in [0.15, 0.2) is 0 Å². The van der Waals surface area contributed by atoms with Gasteiger partial charge in [0.05, 0.1) is 0 Å². The van der Waals surface area contributed by atoms with Crippen LogP contribution in [0.4, 0.5) is 0 Å². The minimum atomic E-state index is 0.273. The fourth-order valence-corrected chi connectivity index (χ4v) is 2.00. The number of rotatable bonds is 5. The first-order valence-corrected chi connectivity index (χ1v) is 4.60. The second kappa shape index (κ2) is 3.55. The second-order valence-electron chi connectivity index (χ2n) is 3.67. The van der Waals surface area contributed by atoms with Crippen LogP contribution in [-0.4, -0.2) is 18.3 Å². The van der Waals surface area contributed by atoms with Crippen LogP contribution < -0.4 is 5.73 Å². The van der Waals surface area contributed by atoms with Crippen LogP contribution in [0.5, 0.6) is 0 Å². The minimum absolute atomic E-state index is 0.273. The number of hydrogen-bond donors (Lipinski definition) is 2. The van der Waals surface area contributed by atoms with E-state index >= 15 is 0 Å². The molecule has 0 amide bonds. The SMILES string of the molecule is CCC(CN)(CCO)C1CC1. The van der Waals surface area contributed by atoms with E-state index in [1.807, 2.05) is 0 Å². The molecule has 0 aliphatic heterocycles. The van der Waals surface area contributed by atoms with Gasteiger partial charge in [-0.2, -0.15) is 0 Å². The van der Waals surface area contributed by atoms with Crippen molar-refractivity contribution in [2.24, 2.45) is 17.1 Å². The molecule has 0 aromatic heterocycles. The largest absolute Gasteiger partial charge is 0.396 e. The Morgan fingerprint density at radius 3 is 2.45 bits per heavy atom. The zero-order valence-electron chi connectivity index (χ0n) is 7.34. The van der Waals surface area contributed by atoms with Crippen LogP contribution in [0.3, 0.4) is 0 Å². The van der Waals surface area contributed by atoms with Gasteiger partial charge in [0.1, 0.15) is 0 Å². The third-order valence-corrected chi connectivity index (χ3v) is 3.16. The van der Waals surface area contributed by atoms with Crippen molar-refractivity contribution in [3.05, 3.63) is 0 Å². The van der Waals surface area contributed by atoms with Gasteiger partial charge in [0.15, 0.2) is 0 Å². The highest BCUT2D eigenvalue weighted by Gasteiger charge is 2.41. The molecule has 3 N–H and O–H groups in total. The van der Waals surface area contributed by atoms with Gasteiger partial charge in [-0.1, -0.05) is 6.92 Å². The van der Waals surface area contributed by atoms with Gasteiger partial charge in [-0.15, -0.1) is 0 Å². The lowest BCUT2D eigenvalue weighted by Crippen LogP contribution is -2.33.